The summed E-state index contributed by atoms with van der Waals surface area (Å²) in [6, 6.07) is 5.52. The molecule has 2 aromatic rings. The number of ether oxygens (including phenoxy) is 3. The molecule has 0 radical (unpaired) electrons. The highest BCUT2D eigenvalue weighted by Crippen LogP contribution is 2.34. The SMILES string of the molecule is O=C(NCCN1CCOCC1)c1cnc(Nc2ccc3c(c2)OCO3)cn1. The number of aromatic nitrogens is 2. The van der Waals surface area contributed by atoms with Gasteiger partial charge in [0.15, 0.2) is 11.5 Å². The van der Waals surface area contributed by atoms with Gasteiger partial charge in [0.1, 0.15) is 11.5 Å². The lowest BCUT2D eigenvalue weighted by molar-refractivity contribution is 0.0383. The Kier molecular flexibility index (Phi) is 5.31. The molecule has 0 unspecified atom stereocenters. The third-order valence-electron chi connectivity index (χ3n) is 4.35. The van der Waals surface area contributed by atoms with Gasteiger partial charge in [-0.05, 0) is 12.1 Å². The summed E-state index contributed by atoms with van der Waals surface area (Å²) >= 11 is 0. The van der Waals surface area contributed by atoms with Crippen LogP contribution in [0.3, 0.4) is 0 Å². The first-order valence-electron chi connectivity index (χ1n) is 8.85. The molecule has 1 aromatic carbocycles. The van der Waals surface area contributed by atoms with E-state index in [4.69, 9.17) is 14.2 Å². The summed E-state index contributed by atoms with van der Waals surface area (Å²) in [6.07, 6.45) is 2.99. The number of morpholine rings is 1. The van der Waals surface area contributed by atoms with Crippen molar-refractivity contribution in [2.75, 3.05) is 51.5 Å². The van der Waals surface area contributed by atoms with Crippen molar-refractivity contribution < 1.29 is 19.0 Å². The van der Waals surface area contributed by atoms with Crippen molar-refractivity contribution in [1.29, 1.82) is 0 Å². The van der Waals surface area contributed by atoms with E-state index in [1.807, 2.05) is 18.2 Å². The minimum absolute atomic E-state index is 0.230. The molecule has 9 heteroatoms. The van der Waals surface area contributed by atoms with Crippen LogP contribution in [-0.2, 0) is 4.74 Å². The predicted molar refractivity (Wildman–Crippen MR) is 97.5 cm³/mol. The number of carbonyl (C=O) groups is 1. The minimum Gasteiger partial charge on any atom is -0.454 e. The summed E-state index contributed by atoms with van der Waals surface area (Å²) in [5.41, 5.74) is 1.09. The third-order valence-corrected chi connectivity index (χ3v) is 4.35. The van der Waals surface area contributed by atoms with E-state index in [0.717, 1.165) is 44.3 Å². The highest BCUT2D eigenvalue weighted by atomic mass is 16.7. The van der Waals surface area contributed by atoms with Gasteiger partial charge in [-0.25, -0.2) is 9.97 Å². The maximum Gasteiger partial charge on any atom is 0.271 e. The van der Waals surface area contributed by atoms with E-state index < -0.39 is 0 Å². The monoisotopic (exact) mass is 371 g/mol. The van der Waals surface area contributed by atoms with Crippen molar-refractivity contribution in [2.24, 2.45) is 0 Å². The fraction of sp³-hybridized carbons (Fsp3) is 0.389. The highest BCUT2D eigenvalue weighted by molar-refractivity contribution is 5.92. The molecule has 1 aromatic heterocycles. The predicted octanol–water partition coefficient (Wildman–Crippen LogP) is 1.01. The van der Waals surface area contributed by atoms with Gasteiger partial charge < -0.3 is 24.8 Å². The Labute approximate surface area is 156 Å². The Balaban J connectivity index is 1.28. The van der Waals surface area contributed by atoms with Crippen LogP contribution in [0.5, 0.6) is 11.5 Å². The van der Waals surface area contributed by atoms with E-state index >= 15 is 0 Å². The molecule has 0 bridgehead atoms. The summed E-state index contributed by atoms with van der Waals surface area (Å²) < 4.78 is 15.9. The van der Waals surface area contributed by atoms with Crippen molar-refractivity contribution in [3.8, 4) is 11.5 Å². The van der Waals surface area contributed by atoms with Gasteiger partial charge >= 0.3 is 0 Å². The fourth-order valence-electron chi connectivity index (χ4n) is 2.87. The number of fused-ring (bicyclic) bond motifs is 1. The molecule has 142 valence electrons. The average molecular weight is 371 g/mol. The van der Waals surface area contributed by atoms with Crippen LogP contribution in [0.4, 0.5) is 11.5 Å². The Morgan fingerprint density at radius 1 is 1.11 bits per heavy atom. The van der Waals surface area contributed by atoms with Crippen LogP contribution in [0.2, 0.25) is 0 Å². The number of nitrogens with zero attached hydrogens (tertiary/aromatic N) is 3. The van der Waals surface area contributed by atoms with E-state index in [-0.39, 0.29) is 18.4 Å². The third kappa shape index (κ3) is 4.44. The molecule has 1 fully saturated rings. The number of hydrogen-bond donors (Lipinski definition) is 2. The molecular weight excluding hydrogens is 350 g/mol. The first-order chi connectivity index (χ1) is 13.3. The summed E-state index contributed by atoms with van der Waals surface area (Å²) in [5, 5.41) is 6.00. The lowest BCUT2D eigenvalue weighted by Gasteiger charge is -2.26. The van der Waals surface area contributed by atoms with Gasteiger partial charge in [-0.15, -0.1) is 0 Å². The summed E-state index contributed by atoms with van der Waals surface area (Å²) in [7, 11) is 0. The van der Waals surface area contributed by atoms with Gasteiger partial charge in [-0.2, -0.15) is 0 Å². The Hall–Kier alpha value is -2.91. The zero-order valence-corrected chi connectivity index (χ0v) is 14.8. The maximum atomic E-state index is 12.2. The molecule has 2 N–H and O–H groups in total. The largest absolute Gasteiger partial charge is 0.454 e. The zero-order chi connectivity index (χ0) is 18.5. The lowest BCUT2D eigenvalue weighted by atomic mass is 10.3. The average Bonchev–Trinajstić information content (AvgIpc) is 3.17. The number of nitrogens with one attached hydrogen (secondary N) is 2. The van der Waals surface area contributed by atoms with Crippen LogP contribution < -0.4 is 20.1 Å². The van der Waals surface area contributed by atoms with Crippen LogP contribution in [0, 0.1) is 0 Å². The Bertz CT molecular complexity index is 793. The second-order valence-electron chi connectivity index (χ2n) is 6.19. The number of benzene rings is 1. The first-order valence-corrected chi connectivity index (χ1v) is 8.85. The molecule has 27 heavy (non-hydrogen) atoms. The molecule has 0 spiro atoms. The molecule has 4 rings (SSSR count). The number of amides is 1. The van der Waals surface area contributed by atoms with Gasteiger partial charge in [-0.1, -0.05) is 0 Å². The minimum atomic E-state index is -0.231. The van der Waals surface area contributed by atoms with E-state index in [0.29, 0.717) is 18.1 Å². The summed E-state index contributed by atoms with van der Waals surface area (Å²) in [5.74, 6) is 1.71. The van der Waals surface area contributed by atoms with E-state index in [9.17, 15) is 4.79 Å². The molecule has 1 saturated heterocycles. The van der Waals surface area contributed by atoms with E-state index in [2.05, 4.69) is 25.5 Å². The maximum absolute atomic E-state index is 12.2. The smallest absolute Gasteiger partial charge is 0.271 e. The summed E-state index contributed by atoms with van der Waals surface area (Å²) in [6.45, 7) is 4.89. The number of rotatable bonds is 6. The Morgan fingerprint density at radius 2 is 1.96 bits per heavy atom. The zero-order valence-electron chi connectivity index (χ0n) is 14.8. The first kappa shape index (κ1) is 17.5. The quantitative estimate of drug-likeness (QED) is 0.777. The normalized spacial score (nSPS) is 16.1. The molecular formula is C18H21N5O4. The van der Waals surface area contributed by atoms with E-state index in [1.165, 1.54) is 12.4 Å². The van der Waals surface area contributed by atoms with Crippen LogP contribution in [0.15, 0.2) is 30.6 Å². The standard InChI is InChI=1S/C18H21N5O4/c24-18(19-3-4-23-5-7-25-8-6-23)14-10-21-17(11-20-14)22-13-1-2-15-16(9-13)27-12-26-15/h1-2,9-11H,3-8,12H2,(H,19,24)(H,21,22). The van der Waals surface area contributed by atoms with Crippen molar-refractivity contribution in [3.05, 3.63) is 36.3 Å². The van der Waals surface area contributed by atoms with Crippen molar-refractivity contribution >= 4 is 17.4 Å². The van der Waals surface area contributed by atoms with Crippen LogP contribution in [0.1, 0.15) is 10.5 Å². The van der Waals surface area contributed by atoms with Crippen LogP contribution in [-0.4, -0.2) is 67.0 Å². The molecule has 2 aliphatic rings. The van der Waals surface area contributed by atoms with E-state index in [1.54, 1.807) is 0 Å². The highest BCUT2D eigenvalue weighted by Gasteiger charge is 2.14. The molecule has 3 heterocycles. The summed E-state index contributed by atoms with van der Waals surface area (Å²) in [4.78, 5) is 22.9. The van der Waals surface area contributed by atoms with Gasteiger partial charge in [0.25, 0.3) is 5.91 Å². The molecule has 2 aliphatic heterocycles. The van der Waals surface area contributed by atoms with Gasteiger partial charge in [-0.3, -0.25) is 9.69 Å². The Morgan fingerprint density at radius 3 is 2.78 bits per heavy atom. The molecule has 0 atom stereocenters. The number of hydrogen-bond acceptors (Lipinski definition) is 8. The van der Waals surface area contributed by atoms with Gasteiger partial charge in [0, 0.05) is 37.9 Å². The van der Waals surface area contributed by atoms with Gasteiger partial charge in [0.05, 0.1) is 25.6 Å². The van der Waals surface area contributed by atoms with Crippen molar-refractivity contribution in [3.63, 3.8) is 0 Å². The fourth-order valence-corrected chi connectivity index (χ4v) is 2.87. The molecule has 1 amide bonds. The molecule has 0 saturated carbocycles. The number of carbonyl (C=O) groups excluding carboxylic acids is 1. The number of anilines is 2. The topological polar surface area (TPSA) is 97.8 Å². The van der Waals surface area contributed by atoms with Crippen molar-refractivity contribution in [1.82, 2.24) is 20.2 Å². The second-order valence-corrected chi connectivity index (χ2v) is 6.19. The van der Waals surface area contributed by atoms with Crippen LogP contribution in [0.25, 0.3) is 0 Å². The molecule has 0 aliphatic carbocycles. The van der Waals surface area contributed by atoms with Gasteiger partial charge in [0.2, 0.25) is 6.79 Å². The second kappa shape index (κ2) is 8.19. The van der Waals surface area contributed by atoms with Crippen molar-refractivity contribution in [2.45, 2.75) is 0 Å². The lowest BCUT2D eigenvalue weighted by Crippen LogP contribution is -2.41. The van der Waals surface area contributed by atoms with Crippen LogP contribution >= 0.6 is 0 Å². The molecule has 9 nitrogen and oxygen atoms in total.